The zero-order chi connectivity index (χ0) is 25.5. The van der Waals surface area contributed by atoms with E-state index < -0.39 is 48.5 Å². The first-order valence-electron chi connectivity index (χ1n) is 9.47. The van der Waals surface area contributed by atoms with Crippen LogP contribution in [0.15, 0.2) is 73.0 Å². The molecular formula is C20H12N6O8S. The maximum atomic E-state index is 11.7. The molecule has 0 spiro atoms. The number of para-hydroxylation sites is 2. The van der Waals surface area contributed by atoms with Crippen molar-refractivity contribution >= 4 is 49.3 Å². The first kappa shape index (κ1) is 23.3. The van der Waals surface area contributed by atoms with Crippen molar-refractivity contribution in [3.05, 3.63) is 90.1 Å². The first-order valence-corrected chi connectivity index (χ1v) is 11.0. The van der Waals surface area contributed by atoms with E-state index in [4.69, 9.17) is 5.14 Å². The molecule has 15 heteroatoms. The van der Waals surface area contributed by atoms with Gasteiger partial charge in [-0.05, 0) is 18.2 Å². The molecule has 4 N–H and O–H groups in total. The van der Waals surface area contributed by atoms with Crippen molar-refractivity contribution in [1.29, 1.82) is 0 Å². The molecule has 0 fully saturated rings. The maximum absolute atomic E-state index is 11.7. The van der Waals surface area contributed by atoms with Crippen LogP contribution in [0, 0.1) is 10.1 Å². The molecule has 5 rings (SSSR count). The molecule has 0 saturated heterocycles. The molecule has 2 amide bonds. The highest BCUT2D eigenvalue weighted by molar-refractivity contribution is 7.89. The molecule has 0 atom stereocenters. The van der Waals surface area contributed by atoms with E-state index in [1.807, 2.05) is 0 Å². The van der Waals surface area contributed by atoms with Gasteiger partial charge in [-0.15, -0.1) is 0 Å². The summed E-state index contributed by atoms with van der Waals surface area (Å²) in [6.07, 6.45) is 0. The van der Waals surface area contributed by atoms with Crippen LogP contribution in [0.2, 0.25) is 0 Å². The summed E-state index contributed by atoms with van der Waals surface area (Å²) in [5.74, 6) is -1.59. The minimum absolute atomic E-state index is 0.000342. The van der Waals surface area contributed by atoms with Crippen LogP contribution in [-0.4, -0.2) is 35.1 Å². The lowest BCUT2D eigenvalue weighted by Gasteiger charge is -2.08. The molecule has 0 saturated carbocycles. The Kier molecular flexibility index (Phi) is 5.63. The highest BCUT2D eigenvalue weighted by Gasteiger charge is 2.24. The van der Waals surface area contributed by atoms with Gasteiger partial charge in [-0.2, -0.15) is 0 Å². The van der Waals surface area contributed by atoms with Gasteiger partial charge < -0.3 is 9.97 Å². The lowest BCUT2D eigenvalue weighted by atomic mass is 10.1. The normalized spacial score (nSPS) is 12.8. The van der Waals surface area contributed by atoms with Crippen molar-refractivity contribution in [3.8, 4) is 0 Å². The molecule has 2 heterocycles. The Hall–Kier alpha value is -4.89. The van der Waals surface area contributed by atoms with E-state index >= 15 is 0 Å². The largest absolute Gasteiger partial charge is 0.338 e. The summed E-state index contributed by atoms with van der Waals surface area (Å²) in [5.41, 5.74) is -2.43. The number of sulfonamides is 1. The molecule has 1 aliphatic rings. The number of nitrogens with zero attached hydrogens (tertiary/aromatic N) is 3. The lowest BCUT2D eigenvalue weighted by Crippen LogP contribution is -2.33. The Bertz CT molecular complexity index is 1900. The number of fused-ring (bicyclic) bond motifs is 4. The van der Waals surface area contributed by atoms with Crippen molar-refractivity contribution in [3.63, 3.8) is 0 Å². The summed E-state index contributed by atoms with van der Waals surface area (Å²) < 4.78 is 23.4. The van der Waals surface area contributed by atoms with Gasteiger partial charge in [0.15, 0.2) is 0 Å². The average Bonchev–Trinajstić information content (AvgIpc) is 2.79. The molecule has 0 aliphatic carbocycles. The number of benzene rings is 3. The standard InChI is InChI=1S/C12H8N4O6S.C8H4N2O2/c13-23(21,22)8-3-1-2-5-9(8)7(16(19)20)4-6-10(5)15-12(18)11(17)14-6;11-7-8(12)10-6-4-2-1-3-5(6)9-7/h1-4H,(H,14,17)(H,15,18)(H2,13,21,22);1-4H. The Morgan fingerprint density at radius 3 is 1.97 bits per heavy atom. The van der Waals surface area contributed by atoms with Crippen molar-refractivity contribution in [2.45, 2.75) is 4.90 Å². The minimum Gasteiger partial charge on any atom is -0.316 e. The van der Waals surface area contributed by atoms with Crippen molar-refractivity contribution < 1.29 is 22.9 Å². The monoisotopic (exact) mass is 496 g/mol. The maximum Gasteiger partial charge on any atom is 0.338 e. The van der Waals surface area contributed by atoms with E-state index in [0.29, 0.717) is 10.7 Å². The second-order valence-corrected chi connectivity index (χ2v) is 8.56. The number of carbonyl (C=O) groups is 2. The van der Waals surface area contributed by atoms with Gasteiger partial charge >= 0.3 is 22.9 Å². The van der Waals surface area contributed by atoms with Crippen LogP contribution in [-0.2, 0) is 19.6 Å². The summed E-state index contributed by atoms with van der Waals surface area (Å²) >= 11 is 0. The van der Waals surface area contributed by atoms with Crippen LogP contribution in [0.5, 0.6) is 0 Å². The van der Waals surface area contributed by atoms with Gasteiger partial charge in [0.1, 0.15) is 0 Å². The van der Waals surface area contributed by atoms with Crippen molar-refractivity contribution in [2.24, 2.45) is 15.1 Å². The molecule has 14 nitrogen and oxygen atoms in total. The molecular weight excluding hydrogens is 484 g/mol. The van der Waals surface area contributed by atoms with E-state index in [1.165, 1.54) is 12.1 Å². The van der Waals surface area contributed by atoms with E-state index in [1.54, 1.807) is 24.3 Å². The number of rotatable bonds is 2. The second-order valence-electron chi connectivity index (χ2n) is 7.03. The highest BCUT2D eigenvalue weighted by Crippen LogP contribution is 2.34. The van der Waals surface area contributed by atoms with Gasteiger partial charge in [-0.1, -0.05) is 24.3 Å². The SMILES string of the molecule is NS(=O)(=O)c1cccc2c1c([N+](=O)[O-])cc1[nH]c(=O)c(=O)[nH]c12.O=C1N=c2ccccc2=NC1=O. The molecule has 0 unspecified atom stereocenters. The molecule has 3 aromatic carbocycles. The van der Waals surface area contributed by atoms with Crippen LogP contribution < -0.4 is 27.0 Å². The molecule has 1 aliphatic heterocycles. The second kappa shape index (κ2) is 8.47. The highest BCUT2D eigenvalue weighted by atomic mass is 32.2. The molecule has 176 valence electrons. The number of H-pyrrole nitrogens is 2. The van der Waals surface area contributed by atoms with Crippen LogP contribution in [0.1, 0.15) is 0 Å². The fourth-order valence-electron chi connectivity index (χ4n) is 3.36. The summed E-state index contributed by atoms with van der Waals surface area (Å²) in [4.78, 5) is 66.0. The predicted molar refractivity (Wildman–Crippen MR) is 119 cm³/mol. The van der Waals surface area contributed by atoms with E-state index in [0.717, 1.165) is 12.1 Å². The van der Waals surface area contributed by atoms with Gasteiger partial charge in [0, 0.05) is 11.5 Å². The number of hydrogen-bond acceptors (Lipinski definition) is 8. The number of non-ortho nitro benzene ring substituents is 1. The smallest absolute Gasteiger partial charge is 0.316 e. The van der Waals surface area contributed by atoms with Crippen LogP contribution in [0.25, 0.3) is 21.8 Å². The molecule has 1 aromatic heterocycles. The number of aromatic nitrogens is 2. The number of nitrogens with two attached hydrogens (primary N) is 1. The molecule has 0 bridgehead atoms. The fourth-order valence-corrected chi connectivity index (χ4v) is 4.13. The average molecular weight is 496 g/mol. The molecule has 35 heavy (non-hydrogen) atoms. The van der Waals surface area contributed by atoms with Gasteiger partial charge in [-0.25, -0.2) is 23.5 Å². The first-order chi connectivity index (χ1) is 16.5. The number of aromatic amines is 2. The van der Waals surface area contributed by atoms with Gasteiger partial charge in [0.05, 0.1) is 37.0 Å². The van der Waals surface area contributed by atoms with Crippen molar-refractivity contribution in [1.82, 2.24) is 9.97 Å². The molecule has 0 radical (unpaired) electrons. The number of amides is 2. The third kappa shape index (κ3) is 4.35. The van der Waals surface area contributed by atoms with E-state index in [2.05, 4.69) is 20.0 Å². The number of nitro benzene ring substituents is 1. The van der Waals surface area contributed by atoms with Crippen molar-refractivity contribution in [2.75, 3.05) is 0 Å². The minimum atomic E-state index is -4.24. The zero-order valence-electron chi connectivity index (χ0n) is 17.2. The Labute approximate surface area is 192 Å². The zero-order valence-corrected chi connectivity index (χ0v) is 18.0. The third-order valence-corrected chi connectivity index (χ3v) is 5.76. The van der Waals surface area contributed by atoms with Gasteiger partial charge in [0.2, 0.25) is 10.0 Å². The molecule has 4 aromatic rings. The summed E-state index contributed by atoms with van der Waals surface area (Å²) in [6.45, 7) is 0. The Morgan fingerprint density at radius 1 is 0.857 bits per heavy atom. The summed E-state index contributed by atoms with van der Waals surface area (Å²) in [7, 11) is -4.24. The number of nitrogens with one attached hydrogen (secondary N) is 2. The van der Waals surface area contributed by atoms with Crippen LogP contribution in [0.4, 0.5) is 5.69 Å². The Morgan fingerprint density at radius 2 is 1.43 bits per heavy atom. The van der Waals surface area contributed by atoms with E-state index in [9.17, 15) is 37.7 Å². The number of carbonyl (C=O) groups excluding carboxylic acids is 2. The number of nitro groups is 1. The van der Waals surface area contributed by atoms with E-state index in [-0.39, 0.29) is 21.8 Å². The summed E-state index contributed by atoms with van der Waals surface area (Å²) in [6, 6.07) is 11.6. The van der Waals surface area contributed by atoms with Gasteiger partial charge in [-0.3, -0.25) is 29.3 Å². The number of primary sulfonamides is 1. The quantitative estimate of drug-likeness (QED) is 0.133. The topological polar surface area (TPSA) is 228 Å². The summed E-state index contributed by atoms with van der Waals surface area (Å²) in [5, 5.41) is 17.2. The van der Waals surface area contributed by atoms with Crippen LogP contribution >= 0.6 is 0 Å². The lowest BCUT2D eigenvalue weighted by molar-refractivity contribution is -0.383. The number of hydrogen-bond donors (Lipinski definition) is 3. The van der Waals surface area contributed by atoms with Crippen LogP contribution in [0.3, 0.4) is 0 Å². The predicted octanol–water partition coefficient (Wildman–Crippen LogP) is -1.08. The van der Waals surface area contributed by atoms with Gasteiger partial charge in [0.25, 0.3) is 5.69 Å². The Balaban J connectivity index is 0.000000201. The third-order valence-electron chi connectivity index (χ3n) is 4.81. The fraction of sp³-hybridized carbons (Fsp3) is 0.